The molecular weight excluding hydrogens is 322 g/mol. The summed E-state index contributed by atoms with van der Waals surface area (Å²) in [5.41, 5.74) is 2.19. The molecule has 1 amide bonds. The standard InChI is InChI=1S/C18H23N3O4/c1-11-9-14(18(23)24-4)16(15(10-19)12(11)2)20-17(22)13(3)21-5-7-25-8-6-21/h9,13H,5-8H2,1-4H3,(H,20,22). The van der Waals surface area contributed by atoms with Crippen LogP contribution in [0.15, 0.2) is 6.07 Å². The first-order valence-electron chi connectivity index (χ1n) is 8.16. The van der Waals surface area contributed by atoms with Gasteiger partial charge in [0.2, 0.25) is 5.91 Å². The number of hydrogen-bond acceptors (Lipinski definition) is 6. The number of esters is 1. The molecule has 1 aromatic carbocycles. The first-order valence-corrected chi connectivity index (χ1v) is 8.16. The lowest BCUT2D eigenvalue weighted by atomic mass is 9.97. The Bertz CT molecular complexity index is 718. The lowest BCUT2D eigenvalue weighted by molar-refractivity contribution is -0.122. The summed E-state index contributed by atoms with van der Waals surface area (Å²) in [7, 11) is 1.27. The van der Waals surface area contributed by atoms with Crippen molar-refractivity contribution in [3.63, 3.8) is 0 Å². The third kappa shape index (κ3) is 3.98. The Labute approximate surface area is 147 Å². The number of nitrogens with zero attached hydrogens (tertiary/aromatic N) is 2. The molecule has 1 saturated heterocycles. The molecule has 1 heterocycles. The minimum absolute atomic E-state index is 0.185. The number of ether oxygens (including phenoxy) is 2. The number of amides is 1. The normalized spacial score (nSPS) is 16.0. The molecule has 2 rings (SSSR count). The van der Waals surface area contributed by atoms with Gasteiger partial charge in [0.25, 0.3) is 0 Å². The van der Waals surface area contributed by atoms with Crippen LogP contribution in [0, 0.1) is 25.2 Å². The zero-order valence-corrected chi connectivity index (χ0v) is 15.0. The molecule has 1 fully saturated rings. The lowest BCUT2D eigenvalue weighted by Gasteiger charge is -2.31. The molecule has 1 atom stereocenters. The predicted octanol–water partition coefficient (Wildman–Crippen LogP) is 1.62. The maximum absolute atomic E-state index is 12.7. The second kappa shape index (κ2) is 8.10. The average molecular weight is 345 g/mol. The van der Waals surface area contributed by atoms with Crippen molar-refractivity contribution in [3.8, 4) is 6.07 Å². The maximum Gasteiger partial charge on any atom is 0.340 e. The van der Waals surface area contributed by atoms with E-state index in [1.807, 2.05) is 11.8 Å². The number of hydrogen-bond donors (Lipinski definition) is 1. The van der Waals surface area contributed by atoms with Gasteiger partial charge < -0.3 is 14.8 Å². The van der Waals surface area contributed by atoms with E-state index in [1.54, 1.807) is 19.9 Å². The van der Waals surface area contributed by atoms with Crippen molar-refractivity contribution in [2.75, 3.05) is 38.7 Å². The highest BCUT2D eigenvalue weighted by Crippen LogP contribution is 2.28. The fourth-order valence-corrected chi connectivity index (χ4v) is 2.82. The minimum Gasteiger partial charge on any atom is -0.465 e. The maximum atomic E-state index is 12.7. The molecule has 0 bridgehead atoms. The summed E-state index contributed by atoms with van der Waals surface area (Å²) < 4.78 is 10.1. The smallest absolute Gasteiger partial charge is 0.340 e. The van der Waals surface area contributed by atoms with E-state index in [2.05, 4.69) is 11.4 Å². The van der Waals surface area contributed by atoms with Gasteiger partial charge in [0.05, 0.1) is 43.2 Å². The summed E-state index contributed by atoms with van der Waals surface area (Å²) in [5.74, 6) is -0.860. The lowest BCUT2D eigenvalue weighted by Crippen LogP contribution is -2.47. The zero-order valence-electron chi connectivity index (χ0n) is 15.0. The molecule has 0 radical (unpaired) electrons. The number of nitriles is 1. The third-order valence-corrected chi connectivity index (χ3v) is 4.58. The van der Waals surface area contributed by atoms with E-state index in [0.717, 1.165) is 11.1 Å². The van der Waals surface area contributed by atoms with E-state index in [1.165, 1.54) is 7.11 Å². The van der Waals surface area contributed by atoms with Crippen LogP contribution in [0.3, 0.4) is 0 Å². The highest BCUT2D eigenvalue weighted by Gasteiger charge is 2.26. The molecule has 0 aromatic heterocycles. The number of aryl methyl sites for hydroxylation is 1. The Morgan fingerprint density at radius 1 is 1.36 bits per heavy atom. The summed E-state index contributed by atoms with van der Waals surface area (Å²) in [4.78, 5) is 26.8. The Hall–Kier alpha value is -2.43. The zero-order chi connectivity index (χ0) is 18.6. The second-order valence-electron chi connectivity index (χ2n) is 6.03. The monoisotopic (exact) mass is 345 g/mol. The number of morpholine rings is 1. The van der Waals surface area contributed by atoms with Gasteiger partial charge in [-0.15, -0.1) is 0 Å². The SMILES string of the molecule is COC(=O)c1cc(C)c(C)c(C#N)c1NC(=O)C(C)N1CCOCC1. The Balaban J connectivity index is 2.36. The number of benzene rings is 1. The summed E-state index contributed by atoms with van der Waals surface area (Å²) in [6.45, 7) is 7.88. The molecule has 25 heavy (non-hydrogen) atoms. The van der Waals surface area contributed by atoms with Crippen molar-refractivity contribution in [1.29, 1.82) is 5.26 Å². The van der Waals surface area contributed by atoms with Gasteiger partial charge in [-0.3, -0.25) is 9.69 Å². The Morgan fingerprint density at radius 3 is 2.56 bits per heavy atom. The molecular formula is C18H23N3O4. The summed E-state index contributed by atoms with van der Waals surface area (Å²) in [6, 6.07) is 3.33. The number of methoxy groups -OCH3 is 1. The van der Waals surface area contributed by atoms with E-state index in [4.69, 9.17) is 9.47 Å². The molecule has 0 spiro atoms. The Kier molecular flexibility index (Phi) is 6.12. The molecule has 134 valence electrons. The van der Waals surface area contributed by atoms with E-state index in [0.29, 0.717) is 26.3 Å². The fraction of sp³-hybridized carbons (Fsp3) is 0.500. The van der Waals surface area contributed by atoms with Crippen LogP contribution in [-0.2, 0) is 14.3 Å². The molecule has 1 N–H and O–H groups in total. The van der Waals surface area contributed by atoms with E-state index >= 15 is 0 Å². The quantitative estimate of drug-likeness (QED) is 0.834. The van der Waals surface area contributed by atoms with Crippen LogP contribution in [0.25, 0.3) is 0 Å². The van der Waals surface area contributed by atoms with Gasteiger partial charge in [0.1, 0.15) is 6.07 Å². The molecule has 1 aromatic rings. The molecule has 7 nitrogen and oxygen atoms in total. The van der Waals surface area contributed by atoms with Gasteiger partial charge in [-0.1, -0.05) is 0 Å². The Morgan fingerprint density at radius 2 is 2.00 bits per heavy atom. The van der Waals surface area contributed by atoms with Crippen LogP contribution in [0.2, 0.25) is 0 Å². The minimum atomic E-state index is -0.589. The average Bonchev–Trinajstić information content (AvgIpc) is 2.64. The number of anilines is 1. The molecule has 1 aliphatic rings. The third-order valence-electron chi connectivity index (χ3n) is 4.58. The van der Waals surface area contributed by atoms with E-state index in [9.17, 15) is 14.9 Å². The first-order chi connectivity index (χ1) is 11.9. The molecule has 1 unspecified atom stereocenters. The molecule has 0 aliphatic carbocycles. The molecule has 1 aliphatic heterocycles. The van der Waals surface area contributed by atoms with Crippen molar-refractivity contribution >= 4 is 17.6 Å². The molecule has 0 saturated carbocycles. The van der Waals surface area contributed by atoms with Crippen LogP contribution in [-0.4, -0.2) is 56.2 Å². The topological polar surface area (TPSA) is 91.7 Å². The largest absolute Gasteiger partial charge is 0.465 e. The van der Waals surface area contributed by atoms with Crippen molar-refractivity contribution in [2.24, 2.45) is 0 Å². The highest BCUT2D eigenvalue weighted by atomic mass is 16.5. The van der Waals surface area contributed by atoms with Gasteiger partial charge in [-0.05, 0) is 38.0 Å². The second-order valence-corrected chi connectivity index (χ2v) is 6.03. The van der Waals surface area contributed by atoms with Gasteiger partial charge in [-0.25, -0.2) is 4.79 Å². The summed E-state index contributed by atoms with van der Waals surface area (Å²) >= 11 is 0. The van der Waals surface area contributed by atoms with Crippen molar-refractivity contribution in [1.82, 2.24) is 4.90 Å². The van der Waals surface area contributed by atoms with E-state index in [-0.39, 0.29) is 22.7 Å². The number of nitrogens with one attached hydrogen (secondary N) is 1. The van der Waals surface area contributed by atoms with E-state index < -0.39 is 12.0 Å². The summed E-state index contributed by atoms with van der Waals surface area (Å²) in [5, 5.41) is 12.3. The van der Waals surface area contributed by atoms with Crippen molar-refractivity contribution < 1.29 is 19.1 Å². The van der Waals surface area contributed by atoms with Crippen LogP contribution in [0.1, 0.15) is 34.0 Å². The number of carbonyl (C=O) groups excluding carboxylic acids is 2. The number of carbonyl (C=O) groups is 2. The predicted molar refractivity (Wildman–Crippen MR) is 92.5 cm³/mol. The van der Waals surface area contributed by atoms with Gasteiger partial charge in [0.15, 0.2) is 0 Å². The fourth-order valence-electron chi connectivity index (χ4n) is 2.82. The first kappa shape index (κ1) is 18.9. The summed E-state index contributed by atoms with van der Waals surface area (Å²) in [6.07, 6.45) is 0. The highest BCUT2D eigenvalue weighted by molar-refractivity contribution is 6.04. The van der Waals surface area contributed by atoms with Gasteiger partial charge >= 0.3 is 5.97 Å². The van der Waals surface area contributed by atoms with Crippen LogP contribution in [0.4, 0.5) is 5.69 Å². The van der Waals surface area contributed by atoms with Gasteiger partial charge in [-0.2, -0.15) is 5.26 Å². The van der Waals surface area contributed by atoms with Gasteiger partial charge in [0, 0.05) is 13.1 Å². The number of rotatable bonds is 4. The van der Waals surface area contributed by atoms with Crippen molar-refractivity contribution in [3.05, 3.63) is 28.3 Å². The molecule has 7 heteroatoms. The van der Waals surface area contributed by atoms with Crippen LogP contribution < -0.4 is 5.32 Å². The van der Waals surface area contributed by atoms with Crippen LogP contribution in [0.5, 0.6) is 0 Å². The van der Waals surface area contributed by atoms with Crippen LogP contribution >= 0.6 is 0 Å². The van der Waals surface area contributed by atoms with Crippen molar-refractivity contribution in [2.45, 2.75) is 26.8 Å².